The second kappa shape index (κ2) is 7.11. The highest BCUT2D eigenvalue weighted by Crippen LogP contribution is 2.52. The van der Waals surface area contributed by atoms with Gasteiger partial charge in [0.05, 0.1) is 5.56 Å². The fourth-order valence-corrected chi connectivity index (χ4v) is 4.03. The molecular weight excluding hydrogens is 308 g/mol. The average molecular weight is 338 g/mol. The summed E-state index contributed by atoms with van der Waals surface area (Å²) in [6, 6.07) is 10.6. The normalized spacial score (nSPS) is 14.6. The first kappa shape index (κ1) is 17.8. The molecule has 2 nitrogen and oxygen atoms in total. The minimum absolute atomic E-state index is 0.301. The van der Waals surface area contributed by atoms with Gasteiger partial charge in [0.15, 0.2) is 0 Å². The lowest BCUT2D eigenvalue weighted by Gasteiger charge is -2.40. The quantitative estimate of drug-likeness (QED) is 0.608. The molecule has 1 aliphatic heterocycles. The second-order valence-corrected chi connectivity index (χ2v) is 7.30. The molecule has 0 saturated heterocycles. The van der Waals surface area contributed by atoms with Crippen molar-refractivity contribution in [3.8, 4) is 22.6 Å². The second-order valence-electron chi connectivity index (χ2n) is 7.30. The molecule has 0 unspecified atom stereocenters. The Hall–Kier alpha value is -1.96. The summed E-state index contributed by atoms with van der Waals surface area (Å²) in [6.45, 7) is 8.68. The Balaban J connectivity index is 2.13. The van der Waals surface area contributed by atoms with Crippen LogP contribution in [0.25, 0.3) is 11.1 Å². The molecule has 3 rings (SSSR count). The van der Waals surface area contributed by atoms with E-state index in [4.69, 9.17) is 4.74 Å². The highest BCUT2D eigenvalue weighted by atomic mass is 16.5. The Morgan fingerprint density at radius 3 is 2.44 bits per heavy atom. The number of hydrogen-bond donors (Lipinski definition) is 1. The Kier molecular flexibility index (Phi) is 5.08. The van der Waals surface area contributed by atoms with Gasteiger partial charge in [-0.3, -0.25) is 0 Å². The molecule has 2 aromatic carbocycles. The number of phenolic OH excluding ortho intramolecular Hbond substituents is 1. The molecule has 0 bridgehead atoms. The van der Waals surface area contributed by atoms with E-state index in [-0.39, 0.29) is 5.60 Å². The molecule has 0 fully saturated rings. The number of unbranched alkanes of at least 4 members (excludes halogenated alkanes) is 2. The van der Waals surface area contributed by atoms with Crippen LogP contribution in [0.5, 0.6) is 11.5 Å². The van der Waals surface area contributed by atoms with E-state index < -0.39 is 0 Å². The molecule has 1 heterocycles. The number of ether oxygens (including phenoxy) is 1. The van der Waals surface area contributed by atoms with E-state index in [1.807, 2.05) is 6.07 Å². The molecule has 0 radical (unpaired) electrons. The van der Waals surface area contributed by atoms with E-state index in [1.54, 1.807) is 0 Å². The van der Waals surface area contributed by atoms with Crippen LogP contribution in [0.15, 0.2) is 30.3 Å². The third-order valence-electron chi connectivity index (χ3n) is 5.59. The molecule has 0 atom stereocenters. The maximum absolute atomic E-state index is 10.8. The van der Waals surface area contributed by atoms with Crippen LogP contribution in [0, 0.1) is 6.92 Å². The van der Waals surface area contributed by atoms with Gasteiger partial charge >= 0.3 is 0 Å². The summed E-state index contributed by atoms with van der Waals surface area (Å²) in [5, 5.41) is 10.8. The van der Waals surface area contributed by atoms with Crippen molar-refractivity contribution in [3.63, 3.8) is 0 Å². The lowest BCUT2D eigenvalue weighted by atomic mass is 9.79. The van der Waals surface area contributed by atoms with Crippen LogP contribution in [0.1, 0.15) is 69.6 Å². The summed E-state index contributed by atoms with van der Waals surface area (Å²) in [5.41, 5.74) is 5.26. The number of fused-ring (bicyclic) bond motifs is 3. The van der Waals surface area contributed by atoms with Crippen LogP contribution in [0.2, 0.25) is 0 Å². The molecule has 1 N–H and O–H groups in total. The topological polar surface area (TPSA) is 29.5 Å². The monoisotopic (exact) mass is 338 g/mol. The van der Waals surface area contributed by atoms with E-state index in [9.17, 15) is 5.11 Å². The molecule has 0 spiro atoms. The minimum atomic E-state index is -0.301. The Labute approximate surface area is 151 Å². The van der Waals surface area contributed by atoms with E-state index in [1.165, 1.54) is 29.5 Å². The molecule has 0 aromatic heterocycles. The molecular formula is C23H30O2. The predicted octanol–water partition coefficient (Wildman–Crippen LogP) is 6.51. The summed E-state index contributed by atoms with van der Waals surface area (Å²) < 4.78 is 6.55. The number of aryl methyl sites for hydroxylation is 2. The predicted molar refractivity (Wildman–Crippen MR) is 104 cm³/mol. The molecule has 0 saturated carbocycles. The number of rotatable bonds is 6. The smallest absolute Gasteiger partial charge is 0.134 e. The first-order valence-corrected chi connectivity index (χ1v) is 9.71. The standard InChI is InChI=1S/C23H30O2/c1-5-8-9-10-17-14-20(24)22-18-13-16(4)11-12-19(18)23(6-2,7-3)25-21(22)15-17/h11-15,24H,5-10H2,1-4H3. The van der Waals surface area contributed by atoms with Gasteiger partial charge in [-0.15, -0.1) is 0 Å². The fourth-order valence-electron chi connectivity index (χ4n) is 4.03. The van der Waals surface area contributed by atoms with Gasteiger partial charge in [-0.2, -0.15) is 0 Å². The zero-order valence-corrected chi connectivity index (χ0v) is 16.0. The molecule has 2 aromatic rings. The molecule has 1 aliphatic rings. The first-order chi connectivity index (χ1) is 12.0. The van der Waals surface area contributed by atoms with Crippen LogP contribution in [0.4, 0.5) is 0 Å². The van der Waals surface area contributed by atoms with Crippen LogP contribution < -0.4 is 4.74 Å². The third-order valence-corrected chi connectivity index (χ3v) is 5.59. The van der Waals surface area contributed by atoms with Gasteiger partial charge in [-0.05, 0) is 55.9 Å². The molecule has 25 heavy (non-hydrogen) atoms. The van der Waals surface area contributed by atoms with Crippen molar-refractivity contribution >= 4 is 0 Å². The number of aromatic hydroxyl groups is 1. The molecule has 0 amide bonds. The molecule has 0 aliphatic carbocycles. The van der Waals surface area contributed by atoms with Crippen LogP contribution >= 0.6 is 0 Å². The van der Waals surface area contributed by atoms with Crippen molar-refractivity contribution in [3.05, 3.63) is 47.0 Å². The maximum atomic E-state index is 10.8. The lowest BCUT2D eigenvalue weighted by molar-refractivity contribution is 0.0542. The van der Waals surface area contributed by atoms with Crippen molar-refractivity contribution in [1.29, 1.82) is 0 Å². The summed E-state index contributed by atoms with van der Waals surface area (Å²) in [4.78, 5) is 0. The van der Waals surface area contributed by atoms with Crippen molar-refractivity contribution in [1.82, 2.24) is 0 Å². The number of benzene rings is 2. The van der Waals surface area contributed by atoms with Crippen molar-refractivity contribution in [2.24, 2.45) is 0 Å². The van der Waals surface area contributed by atoms with Gasteiger partial charge in [-0.25, -0.2) is 0 Å². The van der Waals surface area contributed by atoms with E-state index in [0.29, 0.717) is 5.75 Å². The van der Waals surface area contributed by atoms with Crippen LogP contribution in [0.3, 0.4) is 0 Å². The van der Waals surface area contributed by atoms with Gasteiger partial charge in [0.2, 0.25) is 0 Å². The van der Waals surface area contributed by atoms with Crippen molar-refractivity contribution in [2.75, 3.05) is 0 Å². The van der Waals surface area contributed by atoms with Crippen molar-refractivity contribution < 1.29 is 9.84 Å². The third kappa shape index (κ3) is 3.15. The Morgan fingerprint density at radius 2 is 1.76 bits per heavy atom. The lowest BCUT2D eigenvalue weighted by Crippen LogP contribution is -2.35. The van der Waals surface area contributed by atoms with Crippen molar-refractivity contribution in [2.45, 2.75) is 71.8 Å². The summed E-state index contributed by atoms with van der Waals surface area (Å²) in [7, 11) is 0. The zero-order valence-electron chi connectivity index (χ0n) is 16.0. The van der Waals surface area contributed by atoms with Gasteiger partial charge in [0, 0.05) is 5.56 Å². The van der Waals surface area contributed by atoms with Gasteiger partial charge in [-0.1, -0.05) is 57.4 Å². The highest BCUT2D eigenvalue weighted by Gasteiger charge is 2.39. The SMILES string of the molecule is CCCCCc1cc(O)c2c(c1)OC(CC)(CC)c1ccc(C)cc1-2. The summed E-state index contributed by atoms with van der Waals surface area (Å²) >= 11 is 0. The fraction of sp³-hybridized carbons (Fsp3) is 0.478. The zero-order chi connectivity index (χ0) is 18.0. The van der Waals surface area contributed by atoms with E-state index in [0.717, 1.165) is 42.6 Å². The first-order valence-electron chi connectivity index (χ1n) is 9.71. The number of hydrogen-bond acceptors (Lipinski definition) is 2. The number of phenols is 1. The Morgan fingerprint density at radius 1 is 1.00 bits per heavy atom. The Bertz CT molecular complexity index is 757. The molecule has 134 valence electrons. The van der Waals surface area contributed by atoms with Gasteiger partial charge in [0.25, 0.3) is 0 Å². The summed E-state index contributed by atoms with van der Waals surface area (Å²) in [6.07, 6.45) is 6.39. The molecule has 2 heteroatoms. The van der Waals surface area contributed by atoms with E-state index in [2.05, 4.69) is 52.0 Å². The summed E-state index contributed by atoms with van der Waals surface area (Å²) in [5.74, 6) is 1.19. The van der Waals surface area contributed by atoms with E-state index >= 15 is 0 Å². The highest BCUT2D eigenvalue weighted by molar-refractivity contribution is 5.82. The van der Waals surface area contributed by atoms with Gasteiger partial charge in [0.1, 0.15) is 17.1 Å². The van der Waals surface area contributed by atoms with Crippen LogP contribution in [-0.2, 0) is 12.0 Å². The largest absolute Gasteiger partial charge is 0.507 e. The maximum Gasteiger partial charge on any atom is 0.134 e. The average Bonchev–Trinajstić information content (AvgIpc) is 2.60. The van der Waals surface area contributed by atoms with Gasteiger partial charge < -0.3 is 9.84 Å². The minimum Gasteiger partial charge on any atom is -0.507 e. The van der Waals surface area contributed by atoms with Crippen LogP contribution in [-0.4, -0.2) is 5.11 Å².